The Labute approximate surface area is 214 Å². The van der Waals surface area contributed by atoms with Gasteiger partial charge in [0.05, 0.1) is 29.2 Å². The molecule has 0 spiro atoms. The predicted molar refractivity (Wildman–Crippen MR) is 138 cm³/mol. The number of para-hydroxylation sites is 1. The summed E-state index contributed by atoms with van der Waals surface area (Å²) in [4.78, 5) is 29.3. The molecule has 0 unspecified atom stereocenters. The molecular formula is C26H17Cl2N3O5. The highest BCUT2D eigenvalue weighted by Crippen LogP contribution is 2.29. The predicted octanol–water partition coefficient (Wildman–Crippen LogP) is 5.55. The van der Waals surface area contributed by atoms with Gasteiger partial charge in [0.1, 0.15) is 11.3 Å². The van der Waals surface area contributed by atoms with Gasteiger partial charge >= 0.3 is 5.97 Å². The number of hydrogen-bond acceptors (Lipinski definition) is 7. The van der Waals surface area contributed by atoms with E-state index in [-0.39, 0.29) is 23.0 Å². The van der Waals surface area contributed by atoms with E-state index in [0.29, 0.717) is 38.6 Å². The fraction of sp³-hybridized carbons (Fsp3) is 0.0769. The van der Waals surface area contributed by atoms with Gasteiger partial charge in [0.25, 0.3) is 5.56 Å². The number of benzene rings is 3. The highest BCUT2D eigenvalue weighted by Gasteiger charge is 2.16. The maximum absolute atomic E-state index is 13.4. The molecule has 0 radical (unpaired) electrons. The minimum absolute atomic E-state index is 0.228. The van der Waals surface area contributed by atoms with Crippen LogP contribution in [0.25, 0.3) is 33.5 Å². The standard InChI is InChI=1S/C26H17Cl2N3O5/c1-34-24(32)14-35-22-8-6-15(10-19(22)28)13-29-31-25(30-20-5-3-2-4-18(20)26(31)33)23-12-16-11-17(27)7-9-21(16)36-23/h2-13H,14H2,1H3. The molecule has 0 aliphatic heterocycles. The summed E-state index contributed by atoms with van der Waals surface area (Å²) in [7, 11) is 1.27. The summed E-state index contributed by atoms with van der Waals surface area (Å²) in [6.07, 6.45) is 1.47. The molecule has 0 N–H and O–H groups in total. The van der Waals surface area contributed by atoms with E-state index >= 15 is 0 Å². The van der Waals surface area contributed by atoms with Gasteiger partial charge in [-0.3, -0.25) is 4.79 Å². The van der Waals surface area contributed by atoms with Crippen LogP contribution in [-0.2, 0) is 9.53 Å². The van der Waals surface area contributed by atoms with Crippen LogP contribution < -0.4 is 10.3 Å². The van der Waals surface area contributed by atoms with Crippen LogP contribution in [0.4, 0.5) is 0 Å². The molecule has 0 bridgehead atoms. The van der Waals surface area contributed by atoms with Crippen molar-refractivity contribution < 1.29 is 18.7 Å². The van der Waals surface area contributed by atoms with Crippen LogP contribution in [0.3, 0.4) is 0 Å². The minimum Gasteiger partial charge on any atom is -0.480 e. The molecule has 8 nitrogen and oxygen atoms in total. The molecule has 0 aliphatic carbocycles. The topological polar surface area (TPSA) is 95.9 Å². The van der Waals surface area contributed by atoms with Gasteiger partial charge in [-0.15, -0.1) is 0 Å². The van der Waals surface area contributed by atoms with Crippen molar-refractivity contribution in [2.75, 3.05) is 13.7 Å². The number of methoxy groups -OCH3 is 1. The molecule has 0 aliphatic rings. The summed E-state index contributed by atoms with van der Waals surface area (Å²) in [5.74, 6) is 0.369. The summed E-state index contributed by atoms with van der Waals surface area (Å²) in [5.41, 5.74) is 1.33. The Morgan fingerprint density at radius 2 is 1.94 bits per heavy atom. The van der Waals surface area contributed by atoms with Crippen LogP contribution in [0.1, 0.15) is 5.56 Å². The fourth-order valence-electron chi connectivity index (χ4n) is 3.55. The number of aromatic nitrogens is 2. The lowest BCUT2D eigenvalue weighted by molar-refractivity contribution is -0.142. The molecule has 3 aromatic carbocycles. The summed E-state index contributed by atoms with van der Waals surface area (Å²) >= 11 is 12.4. The van der Waals surface area contributed by atoms with Gasteiger partial charge in [-0.2, -0.15) is 9.78 Å². The maximum atomic E-state index is 13.4. The van der Waals surface area contributed by atoms with Gasteiger partial charge in [-0.1, -0.05) is 35.3 Å². The van der Waals surface area contributed by atoms with Crippen LogP contribution >= 0.6 is 23.2 Å². The fourth-order valence-corrected chi connectivity index (χ4v) is 3.97. The first-order valence-corrected chi connectivity index (χ1v) is 11.4. The Kier molecular flexibility index (Phi) is 6.45. The third-order valence-corrected chi connectivity index (χ3v) is 5.83. The second kappa shape index (κ2) is 9.85. The number of carbonyl (C=O) groups is 1. The van der Waals surface area contributed by atoms with E-state index in [2.05, 4.69) is 14.8 Å². The first-order chi connectivity index (χ1) is 17.4. The van der Waals surface area contributed by atoms with Crippen LogP contribution in [0.2, 0.25) is 10.0 Å². The number of hydrogen-bond donors (Lipinski definition) is 0. The largest absolute Gasteiger partial charge is 0.480 e. The van der Waals surface area contributed by atoms with E-state index in [9.17, 15) is 9.59 Å². The lowest BCUT2D eigenvalue weighted by Crippen LogP contribution is -2.20. The zero-order chi connectivity index (χ0) is 25.2. The second-order valence-corrected chi connectivity index (χ2v) is 8.51. The smallest absolute Gasteiger partial charge is 0.343 e. The van der Waals surface area contributed by atoms with Gasteiger partial charge in [0.2, 0.25) is 5.82 Å². The van der Waals surface area contributed by atoms with Crippen molar-refractivity contribution in [3.8, 4) is 17.3 Å². The molecule has 0 atom stereocenters. The lowest BCUT2D eigenvalue weighted by atomic mass is 10.2. The molecule has 0 fully saturated rings. The minimum atomic E-state index is -0.528. The molecule has 0 amide bonds. The van der Waals surface area contributed by atoms with Crippen molar-refractivity contribution in [3.05, 3.63) is 92.7 Å². The average molecular weight is 522 g/mol. The third-order valence-electron chi connectivity index (χ3n) is 5.30. The number of rotatable bonds is 6. The molecule has 0 saturated carbocycles. The summed E-state index contributed by atoms with van der Waals surface area (Å²) < 4.78 is 17.1. The zero-order valence-corrected chi connectivity index (χ0v) is 20.3. The summed E-state index contributed by atoms with van der Waals surface area (Å²) in [6, 6.07) is 18.9. The van der Waals surface area contributed by atoms with Crippen molar-refractivity contribution in [2.45, 2.75) is 0 Å². The number of fused-ring (bicyclic) bond motifs is 2. The number of furan rings is 1. The Hall–Kier alpha value is -4.14. The van der Waals surface area contributed by atoms with Gasteiger partial charge in [0, 0.05) is 10.4 Å². The van der Waals surface area contributed by atoms with E-state index in [1.165, 1.54) is 18.0 Å². The van der Waals surface area contributed by atoms with E-state index in [0.717, 1.165) is 5.39 Å². The number of halogens is 2. The summed E-state index contributed by atoms with van der Waals surface area (Å²) in [5, 5.41) is 6.41. The maximum Gasteiger partial charge on any atom is 0.343 e. The Morgan fingerprint density at radius 3 is 2.75 bits per heavy atom. The van der Waals surface area contributed by atoms with Gasteiger partial charge in [-0.05, 0) is 60.2 Å². The van der Waals surface area contributed by atoms with Crippen molar-refractivity contribution in [3.63, 3.8) is 0 Å². The van der Waals surface area contributed by atoms with E-state index < -0.39 is 5.97 Å². The molecular weight excluding hydrogens is 505 g/mol. The van der Waals surface area contributed by atoms with E-state index in [1.54, 1.807) is 66.7 Å². The first kappa shape index (κ1) is 23.6. The number of carbonyl (C=O) groups excluding carboxylic acids is 1. The average Bonchev–Trinajstić information content (AvgIpc) is 3.30. The van der Waals surface area contributed by atoms with Crippen molar-refractivity contribution in [1.82, 2.24) is 9.66 Å². The quantitative estimate of drug-likeness (QED) is 0.214. The first-order valence-electron chi connectivity index (χ1n) is 10.7. The number of ether oxygens (including phenoxy) is 2. The third kappa shape index (κ3) is 4.68. The summed E-state index contributed by atoms with van der Waals surface area (Å²) in [6.45, 7) is -0.270. The molecule has 2 heterocycles. The van der Waals surface area contributed by atoms with Crippen molar-refractivity contribution in [1.29, 1.82) is 0 Å². The second-order valence-electron chi connectivity index (χ2n) is 7.66. The highest BCUT2D eigenvalue weighted by molar-refractivity contribution is 6.32. The molecule has 180 valence electrons. The highest BCUT2D eigenvalue weighted by atomic mass is 35.5. The van der Waals surface area contributed by atoms with Gasteiger partial charge in [-0.25, -0.2) is 9.78 Å². The Morgan fingerprint density at radius 1 is 1.11 bits per heavy atom. The van der Waals surface area contributed by atoms with Crippen LogP contribution in [-0.4, -0.2) is 35.6 Å². The van der Waals surface area contributed by atoms with E-state index in [4.69, 9.17) is 32.4 Å². The van der Waals surface area contributed by atoms with Gasteiger partial charge < -0.3 is 13.9 Å². The van der Waals surface area contributed by atoms with Crippen LogP contribution in [0, 0.1) is 0 Å². The zero-order valence-electron chi connectivity index (χ0n) is 18.8. The monoisotopic (exact) mass is 521 g/mol. The Balaban J connectivity index is 1.57. The van der Waals surface area contributed by atoms with Gasteiger partial charge in [0.15, 0.2) is 12.4 Å². The molecule has 10 heteroatoms. The van der Waals surface area contributed by atoms with Crippen molar-refractivity contribution >= 4 is 57.3 Å². The Bertz CT molecular complexity index is 1710. The number of esters is 1. The van der Waals surface area contributed by atoms with Crippen LogP contribution in [0.5, 0.6) is 5.75 Å². The molecule has 0 saturated heterocycles. The van der Waals surface area contributed by atoms with E-state index in [1.807, 2.05) is 0 Å². The molecule has 5 aromatic rings. The lowest BCUT2D eigenvalue weighted by Gasteiger charge is -2.08. The molecule has 5 rings (SSSR count). The number of nitrogens with zero attached hydrogens (tertiary/aromatic N) is 3. The van der Waals surface area contributed by atoms with Crippen molar-refractivity contribution in [2.24, 2.45) is 5.10 Å². The SMILES string of the molecule is COC(=O)COc1ccc(C=Nn2c(-c3cc4cc(Cl)ccc4o3)nc3ccccc3c2=O)cc1Cl. The van der Waals surface area contributed by atoms with Crippen LogP contribution in [0.15, 0.2) is 81.0 Å². The molecule has 36 heavy (non-hydrogen) atoms. The normalized spacial score (nSPS) is 11.4. The molecule has 2 aromatic heterocycles.